The van der Waals surface area contributed by atoms with Gasteiger partial charge in [0.15, 0.2) is 0 Å². The predicted molar refractivity (Wildman–Crippen MR) is 194 cm³/mol. The van der Waals surface area contributed by atoms with Crippen LogP contribution in [0.1, 0.15) is 43.9 Å². The van der Waals surface area contributed by atoms with Crippen molar-refractivity contribution in [3.05, 3.63) is 148 Å². The van der Waals surface area contributed by atoms with Crippen molar-refractivity contribution in [1.82, 2.24) is 19.9 Å². The predicted octanol–water partition coefficient (Wildman–Crippen LogP) is 7.07. The Kier molecular flexibility index (Phi) is 13.2. The molecule has 2 N–H and O–H groups in total. The quantitative estimate of drug-likeness (QED) is 0.163. The molecular formula is C39H44N6O2. The number of aliphatic imine (C=N–C) groups is 1. The molecule has 2 aromatic heterocycles. The first kappa shape index (κ1) is 34.6. The van der Waals surface area contributed by atoms with E-state index in [2.05, 4.69) is 58.9 Å². The van der Waals surface area contributed by atoms with E-state index in [4.69, 9.17) is 9.73 Å². The third-order valence-electron chi connectivity index (χ3n) is 7.43. The molecule has 1 aliphatic heterocycles. The van der Waals surface area contributed by atoms with Gasteiger partial charge in [0.05, 0.1) is 30.2 Å². The van der Waals surface area contributed by atoms with Gasteiger partial charge in [-0.05, 0) is 56.1 Å². The topological polar surface area (TPSA) is 93.4 Å². The number of ether oxygens (including phenoxy) is 1. The summed E-state index contributed by atoms with van der Waals surface area (Å²) in [6.45, 7) is 11.5. The van der Waals surface area contributed by atoms with Crippen LogP contribution in [0, 0.1) is 0 Å². The highest BCUT2D eigenvalue weighted by Crippen LogP contribution is 2.19. The number of aryl methyl sites for hydroxylation is 1. The second-order valence-corrected chi connectivity index (χ2v) is 11.2. The van der Waals surface area contributed by atoms with Crippen LogP contribution in [0.25, 0.3) is 17.5 Å². The van der Waals surface area contributed by atoms with E-state index < -0.39 is 0 Å². The Morgan fingerprint density at radius 3 is 2.49 bits per heavy atom. The monoisotopic (exact) mass is 628 g/mol. The van der Waals surface area contributed by atoms with Crippen LogP contribution in [0.5, 0.6) is 0 Å². The first-order chi connectivity index (χ1) is 22.9. The number of hydrogen-bond acceptors (Lipinski definition) is 7. The highest BCUT2D eigenvalue weighted by molar-refractivity contribution is 6.02. The molecule has 8 heteroatoms. The summed E-state index contributed by atoms with van der Waals surface area (Å²) >= 11 is 0. The zero-order chi connectivity index (χ0) is 33.4. The molecular weight excluding hydrogens is 584 g/mol. The third-order valence-corrected chi connectivity index (χ3v) is 7.43. The summed E-state index contributed by atoms with van der Waals surface area (Å²) in [4.78, 5) is 26.8. The first-order valence-corrected chi connectivity index (χ1v) is 15.9. The highest BCUT2D eigenvalue weighted by atomic mass is 16.5. The zero-order valence-electron chi connectivity index (χ0n) is 27.7. The Morgan fingerprint density at radius 2 is 1.81 bits per heavy atom. The van der Waals surface area contributed by atoms with Crippen LogP contribution >= 0.6 is 0 Å². The number of pyridine rings is 1. The van der Waals surface area contributed by atoms with Crippen molar-refractivity contribution in [3.8, 4) is 11.4 Å². The van der Waals surface area contributed by atoms with E-state index in [0.717, 1.165) is 29.8 Å². The lowest BCUT2D eigenvalue weighted by Crippen LogP contribution is -2.30. The molecule has 2 aromatic carbocycles. The summed E-state index contributed by atoms with van der Waals surface area (Å²) in [5.41, 5.74) is 10.4. The number of likely N-dealkylation sites (N-methyl/N-ethyl adjacent to an activating group) is 1. The minimum absolute atomic E-state index is 0.179. The molecule has 0 fully saturated rings. The minimum atomic E-state index is -0.255. The molecule has 4 aromatic rings. The van der Waals surface area contributed by atoms with E-state index in [1.165, 1.54) is 23.1 Å². The van der Waals surface area contributed by atoms with E-state index in [0.29, 0.717) is 30.4 Å². The standard InChI is InChI=1S/C26H24N4O2.C13H20N2/c1-3-4-15-30-25(21-13-9-6-10-14-21)27-16-22(26(30)31)28-19(2)23-17-32-18-24(29-23)20-11-7-5-8-12-20;1-4-5-12-6-7-15-10-13(12)8-11(2)9-14-3/h4-14,16-17,19,28H,1,15,18H2,2H3;6-8,10,14H,4-5,9H2,1-3H3/b;11-8+. The van der Waals surface area contributed by atoms with Crippen LogP contribution in [-0.2, 0) is 17.7 Å². The second kappa shape index (κ2) is 18.0. The summed E-state index contributed by atoms with van der Waals surface area (Å²) in [7, 11) is 1.97. The molecule has 5 rings (SSSR count). The van der Waals surface area contributed by atoms with Gasteiger partial charge in [-0.1, -0.05) is 92.2 Å². The van der Waals surface area contributed by atoms with Crippen LogP contribution in [0.15, 0.2) is 131 Å². The van der Waals surface area contributed by atoms with E-state index in [1.807, 2.05) is 87.0 Å². The molecule has 1 atom stereocenters. The lowest BCUT2D eigenvalue weighted by atomic mass is 10.0. The van der Waals surface area contributed by atoms with Gasteiger partial charge in [-0.2, -0.15) is 0 Å². The fourth-order valence-corrected chi connectivity index (χ4v) is 5.10. The molecule has 242 valence electrons. The van der Waals surface area contributed by atoms with Crippen molar-refractivity contribution in [2.45, 2.75) is 46.2 Å². The van der Waals surface area contributed by atoms with E-state index >= 15 is 0 Å². The number of aromatic nitrogens is 3. The summed E-state index contributed by atoms with van der Waals surface area (Å²) in [6, 6.07) is 21.4. The van der Waals surface area contributed by atoms with Crippen molar-refractivity contribution in [2.24, 2.45) is 4.99 Å². The lowest BCUT2D eigenvalue weighted by molar-refractivity contribution is 0.291. The van der Waals surface area contributed by atoms with Crippen LogP contribution in [0.2, 0.25) is 0 Å². The van der Waals surface area contributed by atoms with Gasteiger partial charge in [0, 0.05) is 24.5 Å². The summed E-state index contributed by atoms with van der Waals surface area (Å²) < 4.78 is 7.24. The van der Waals surface area contributed by atoms with Gasteiger partial charge in [0.2, 0.25) is 0 Å². The van der Waals surface area contributed by atoms with Gasteiger partial charge < -0.3 is 15.4 Å². The van der Waals surface area contributed by atoms with Crippen molar-refractivity contribution in [3.63, 3.8) is 0 Å². The fraction of sp³-hybridized carbons (Fsp3) is 0.256. The van der Waals surface area contributed by atoms with Gasteiger partial charge in [-0.3, -0.25) is 14.3 Å². The first-order valence-electron chi connectivity index (χ1n) is 15.9. The number of rotatable bonds is 12. The Balaban J connectivity index is 0.000000280. The van der Waals surface area contributed by atoms with Crippen molar-refractivity contribution in [1.29, 1.82) is 0 Å². The highest BCUT2D eigenvalue weighted by Gasteiger charge is 2.18. The Labute approximate surface area is 278 Å². The summed E-state index contributed by atoms with van der Waals surface area (Å²) in [5, 5.41) is 6.40. The van der Waals surface area contributed by atoms with Gasteiger partial charge in [0.1, 0.15) is 24.4 Å². The summed E-state index contributed by atoms with van der Waals surface area (Å²) in [5.74, 6) is 0.588. The Morgan fingerprint density at radius 1 is 1.09 bits per heavy atom. The zero-order valence-corrected chi connectivity index (χ0v) is 27.7. The van der Waals surface area contributed by atoms with Gasteiger partial charge in [0.25, 0.3) is 5.56 Å². The maximum absolute atomic E-state index is 13.3. The fourth-order valence-electron chi connectivity index (χ4n) is 5.10. The van der Waals surface area contributed by atoms with E-state index in [1.54, 1.807) is 23.1 Å². The molecule has 0 amide bonds. The van der Waals surface area contributed by atoms with Crippen LogP contribution in [-0.4, -0.2) is 46.5 Å². The molecule has 0 spiro atoms. The van der Waals surface area contributed by atoms with Crippen molar-refractivity contribution < 1.29 is 4.74 Å². The molecule has 0 bridgehead atoms. The van der Waals surface area contributed by atoms with Crippen LogP contribution < -0.4 is 16.2 Å². The molecule has 0 aliphatic carbocycles. The Hall–Kier alpha value is -5.30. The second-order valence-electron chi connectivity index (χ2n) is 11.2. The molecule has 0 saturated heterocycles. The number of anilines is 1. The van der Waals surface area contributed by atoms with Gasteiger partial charge >= 0.3 is 0 Å². The number of hydrogen-bond donors (Lipinski definition) is 2. The largest absolute Gasteiger partial charge is 0.493 e. The van der Waals surface area contributed by atoms with E-state index in [-0.39, 0.29) is 11.6 Å². The molecule has 1 aliphatic rings. The SMILES string of the molecule is C=C=CCn1c(-c2ccccc2)ncc(NC(C)C2=COCC(c3ccccc3)=N2)c1=O.CCCc1ccncc1/C=C(\C)CNC. The maximum atomic E-state index is 13.3. The van der Waals surface area contributed by atoms with Crippen molar-refractivity contribution in [2.75, 3.05) is 25.5 Å². The molecule has 3 heterocycles. The average molecular weight is 629 g/mol. The number of nitrogens with one attached hydrogen (secondary N) is 2. The maximum Gasteiger partial charge on any atom is 0.277 e. The van der Waals surface area contributed by atoms with Gasteiger partial charge in [-0.15, -0.1) is 5.73 Å². The molecule has 8 nitrogen and oxygen atoms in total. The Bertz CT molecular complexity index is 1800. The molecule has 0 radical (unpaired) electrons. The average Bonchev–Trinajstić information content (AvgIpc) is 3.11. The smallest absolute Gasteiger partial charge is 0.277 e. The normalized spacial score (nSPS) is 13.1. The number of allylic oxidation sites excluding steroid dienone is 1. The van der Waals surface area contributed by atoms with Crippen LogP contribution in [0.4, 0.5) is 5.69 Å². The minimum Gasteiger partial charge on any atom is -0.493 e. The molecule has 1 unspecified atom stereocenters. The van der Waals surface area contributed by atoms with Crippen LogP contribution in [0.3, 0.4) is 0 Å². The van der Waals surface area contributed by atoms with E-state index in [9.17, 15) is 4.79 Å². The number of nitrogens with zero attached hydrogens (tertiary/aromatic N) is 4. The van der Waals surface area contributed by atoms with Gasteiger partial charge in [-0.25, -0.2) is 9.98 Å². The van der Waals surface area contributed by atoms with Crippen molar-refractivity contribution >= 4 is 17.5 Å². The summed E-state index contributed by atoms with van der Waals surface area (Å²) in [6.07, 6.45) is 13.2. The number of benzene rings is 2. The molecule has 47 heavy (non-hydrogen) atoms. The lowest BCUT2D eigenvalue weighted by Gasteiger charge is -2.21. The molecule has 0 saturated carbocycles. The third kappa shape index (κ3) is 9.84.